The van der Waals surface area contributed by atoms with Gasteiger partial charge in [-0.15, -0.1) is 11.3 Å². The van der Waals surface area contributed by atoms with Crippen molar-refractivity contribution >= 4 is 44.5 Å². The summed E-state index contributed by atoms with van der Waals surface area (Å²) in [4.78, 5) is 25.2. The van der Waals surface area contributed by atoms with Gasteiger partial charge in [-0.1, -0.05) is 29.8 Å². The second-order valence-electron chi connectivity index (χ2n) is 6.63. The SMILES string of the molecule is Cc1ccc(S(=O)(=O)N(C)CC(=O)Nc2cccc(NC(=O)c3cccs3)c2)cc1. The largest absolute Gasteiger partial charge is 0.325 e. The van der Waals surface area contributed by atoms with E-state index in [2.05, 4.69) is 10.6 Å². The molecule has 30 heavy (non-hydrogen) atoms. The Morgan fingerprint density at radius 1 is 0.967 bits per heavy atom. The molecular weight excluding hydrogens is 422 g/mol. The second kappa shape index (κ2) is 9.21. The molecule has 0 aliphatic heterocycles. The van der Waals surface area contributed by atoms with Crippen molar-refractivity contribution < 1.29 is 18.0 Å². The number of hydrogen-bond donors (Lipinski definition) is 2. The molecule has 2 aromatic carbocycles. The van der Waals surface area contributed by atoms with Crippen molar-refractivity contribution in [3.05, 3.63) is 76.5 Å². The van der Waals surface area contributed by atoms with Crippen LogP contribution in [-0.4, -0.2) is 38.1 Å². The topological polar surface area (TPSA) is 95.6 Å². The minimum atomic E-state index is -3.78. The van der Waals surface area contributed by atoms with Crippen LogP contribution in [0.2, 0.25) is 0 Å². The summed E-state index contributed by atoms with van der Waals surface area (Å²) in [5.74, 6) is -0.729. The van der Waals surface area contributed by atoms with Gasteiger partial charge in [-0.05, 0) is 48.7 Å². The molecule has 0 unspecified atom stereocenters. The van der Waals surface area contributed by atoms with Gasteiger partial charge in [-0.25, -0.2) is 8.42 Å². The number of benzene rings is 2. The second-order valence-corrected chi connectivity index (χ2v) is 9.63. The Morgan fingerprint density at radius 3 is 2.27 bits per heavy atom. The molecule has 3 rings (SSSR count). The van der Waals surface area contributed by atoms with Crippen molar-refractivity contribution in [2.24, 2.45) is 0 Å². The molecule has 1 heterocycles. The van der Waals surface area contributed by atoms with Crippen molar-refractivity contribution in [3.63, 3.8) is 0 Å². The number of carbonyl (C=O) groups excluding carboxylic acids is 2. The number of rotatable bonds is 7. The van der Waals surface area contributed by atoms with E-state index in [1.54, 1.807) is 48.5 Å². The van der Waals surface area contributed by atoms with Crippen LogP contribution in [0.1, 0.15) is 15.2 Å². The van der Waals surface area contributed by atoms with Crippen molar-refractivity contribution in [1.82, 2.24) is 4.31 Å². The molecule has 7 nitrogen and oxygen atoms in total. The van der Waals surface area contributed by atoms with Crippen LogP contribution in [0.5, 0.6) is 0 Å². The summed E-state index contributed by atoms with van der Waals surface area (Å²) in [7, 11) is -2.42. The third-order valence-electron chi connectivity index (χ3n) is 4.24. The summed E-state index contributed by atoms with van der Waals surface area (Å²) >= 11 is 1.33. The number of hydrogen-bond acceptors (Lipinski definition) is 5. The molecule has 2 amide bonds. The lowest BCUT2D eigenvalue weighted by molar-refractivity contribution is -0.116. The molecule has 0 aliphatic carbocycles. The molecule has 0 atom stereocenters. The highest BCUT2D eigenvalue weighted by molar-refractivity contribution is 7.89. The van der Waals surface area contributed by atoms with Gasteiger partial charge in [0.25, 0.3) is 5.91 Å². The third kappa shape index (κ3) is 5.32. The fourth-order valence-electron chi connectivity index (χ4n) is 2.65. The number of carbonyl (C=O) groups is 2. The molecule has 156 valence electrons. The minimum Gasteiger partial charge on any atom is -0.325 e. The van der Waals surface area contributed by atoms with E-state index in [1.165, 1.54) is 30.5 Å². The van der Waals surface area contributed by atoms with E-state index < -0.39 is 15.9 Å². The lowest BCUT2D eigenvalue weighted by Crippen LogP contribution is -2.35. The summed E-state index contributed by atoms with van der Waals surface area (Å²) < 4.78 is 26.2. The number of nitrogens with zero attached hydrogens (tertiary/aromatic N) is 1. The van der Waals surface area contributed by atoms with Gasteiger partial charge in [0.05, 0.1) is 16.3 Å². The third-order valence-corrected chi connectivity index (χ3v) is 6.93. The Kier molecular flexibility index (Phi) is 6.66. The van der Waals surface area contributed by atoms with Crippen LogP contribution in [0.15, 0.2) is 70.9 Å². The van der Waals surface area contributed by atoms with E-state index >= 15 is 0 Å². The fourth-order valence-corrected chi connectivity index (χ4v) is 4.40. The zero-order valence-corrected chi connectivity index (χ0v) is 18.1. The predicted octanol–water partition coefficient (Wildman–Crippen LogP) is 3.57. The lowest BCUT2D eigenvalue weighted by Gasteiger charge is -2.17. The van der Waals surface area contributed by atoms with E-state index in [-0.39, 0.29) is 17.3 Å². The number of anilines is 2. The zero-order valence-electron chi connectivity index (χ0n) is 16.5. The van der Waals surface area contributed by atoms with Crippen molar-refractivity contribution in [1.29, 1.82) is 0 Å². The molecule has 0 bridgehead atoms. The molecule has 0 saturated carbocycles. The first-order valence-corrected chi connectivity index (χ1v) is 11.4. The monoisotopic (exact) mass is 443 g/mol. The van der Waals surface area contributed by atoms with Crippen molar-refractivity contribution in [3.8, 4) is 0 Å². The molecule has 0 aliphatic rings. The molecule has 0 fully saturated rings. The summed E-state index contributed by atoms with van der Waals surface area (Å²) in [5, 5.41) is 7.24. The first-order chi connectivity index (χ1) is 14.3. The minimum absolute atomic E-state index is 0.127. The number of thiophene rings is 1. The maximum atomic E-state index is 12.6. The Balaban J connectivity index is 1.63. The van der Waals surface area contributed by atoms with E-state index in [4.69, 9.17) is 0 Å². The smallest absolute Gasteiger partial charge is 0.265 e. The van der Waals surface area contributed by atoms with Gasteiger partial charge in [0.1, 0.15) is 0 Å². The summed E-state index contributed by atoms with van der Waals surface area (Å²) in [6, 6.07) is 16.6. The Morgan fingerprint density at radius 2 is 1.63 bits per heavy atom. The van der Waals surface area contributed by atoms with Gasteiger partial charge < -0.3 is 10.6 Å². The van der Waals surface area contributed by atoms with Gasteiger partial charge in [0.2, 0.25) is 15.9 Å². The number of likely N-dealkylation sites (N-methyl/N-ethyl adjacent to an activating group) is 1. The summed E-state index contributed by atoms with van der Waals surface area (Å²) in [5.41, 5.74) is 1.91. The summed E-state index contributed by atoms with van der Waals surface area (Å²) in [6.45, 7) is 1.52. The van der Waals surface area contributed by atoms with E-state index in [0.717, 1.165) is 9.87 Å². The van der Waals surface area contributed by atoms with Crippen LogP contribution in [0.3, 0.4) is 0 Å². The van der Waals surface area contributed by atoms with E-state index in [0.29, 0.717) is 16.3 Å². The molecule has 2 N–H and O–H groups in total. The predicted molar refractivity (Wildman–Crippen MR) is 118 cm³/mol. The summed E-state index contributed by atoms with van der Waals surface area (Å²) in [6.07, 6.45) is 0. The van der Waals surface area contributed by atoms with Gasteiger partial charge in [0, 0.05) is 18.4 Å². The highest BCUT2D eigenvalue weighted by atomic mass is 32.2. The van der Waals surface area contributed by atoms with Gasteiger partial charge >= 0.3 is 0 Å². The normalized spacial score (nSPS) is 11.3. The maximum absolute atomic E-state index is 12.6. The molecule has 0 radical (unpaired) electrons. The fraction of sp³-hybridized carbons (Fsp3) is 0.143. The van der Waals surface area contributed by atoms with Gasteiger partial charge in [0.15, 0.2) is 0 Å². The highest BCUT2D eigenvalue weighted by Crippen LogP contribution is 2.18. The van der Waals surface area contributed by atoms with Crippen LogP contribution in [-0.2, 0) is 14.8 Å². The molecule has 3 aromatic rings. The van der Waals surface area contributed by atoms with Crippen LogP contribution in [0.25, 0.3) is 0 Å². The molecule has 0 spiro atoms. The number of sulfonamides is 1. The van der Waals surface area contributed by atoms with E-state index in [9.17, 15) is 18.0 Å². The van der Waals surface area contributed by atoms with Gasteiger partial charge in [-0.3, -0.25) is 9.59 Å². The molecular formula is C21H21N3O4S2. The van der Waals surface area contributed by atoms with Gasteiger partial charge in [-0.2, -0.15) is 4.31 Å². The average Bonchev–Trinajstić information content (AvgIpc) is 3.23. The number of nitrogens with one attached hydrogen (secondary N) is 2. The Bertz CT molecular complexity index is 1140. The molecule has 1 aromatic heterocycles. The van der Waals surface area contributed by atoms with Crippen molar-refractivity contribution in [2.75, 3.05) is 24.2 Å². The first-order valence-electron chi connectivity index (χ1n) is 9.03. The highest BCUT2D eigenvalue weighted by Gasteiger charge is 2.22. The lowest BCUT2D eigenvalue weighted by atomic mass is 10.2. The maximum Gasteiger partial charge on any atom is 0.265 e. The molecule has 0 saturated heterocycles. The first kappa shape index (κ1) is 21.7. The Hall–Kier alpha value is -3.01. The van der Waals surface area contributed by atoms with Crippen LogP contribution < -0.4 is 10.6 Å². The number of aryl methyl sites for hydroxylation is 1. The standard InChI is InChI=1S/C21H21N3O4S2/c1-15-8-10-18(11-9-15)30(27,28)24(2)14-20(25)22-16-5-3-6-17(13-16)23-21(26)19-7-4-12-29-19/h3-13H,14H2,1-2H3,(H,22,25)(H,23,26). The average molecular weight is 444 g/mol. The number of amides is 2. The quantitative estimate of drug-likeness (QED) is 0.584. The van der Waals surface area contributed by atoms with E-state index in [1.807, 2.05) is 12.3 Å². The van der Waals surface area contributed by atoms with Crippen LogP contribution in [0, 0.1) is 6.92 Å². The Labute approximate surface area is 179 Å². The molecule has 9 heteroatoms. The van der Waals surface area contributed by atoms with Crippen LogP contribution >= 0.6 is 11.3 Å². The van der Waals surface area contributed by atoms with Crippen molar-refractivity contribution in [2.45, 2.75) is 11.8 Å². The zero-order chi connectivity index (χ0) is 21.7. The van der Waals surface area contributed by atoms with Crippen LogP contribution in [0.4, 0.5) is 11.4 Å².